The second-order valence-corrected chi connectivity index (χ2v) is 9.35. The van der Waals surface area contributed by atoms with E-state index in [9.17, 15) is 0 Å². The predicted octanol–water partition coefficient (Wildman–Crippen LogP) is 9.52. The highest BCUT2D eigenvalue weighted by molar-refractivity contribution is 5.39. The summed E-state index contributed by atoms with van der Waals surface area (Å²) in [6, 6.07) is 7.23. The van der Waals surface area contributed by atoms with Crippen molar-refractivity contribution in [3.63, 3.8) is 0 Å². The minimum absolute atomic E-state index is 0.823. The average molecular weight is 375 g/mol. The number of hydrogen-bond donors (Lipinski definition) is 0. The van der Waals surface area contributed by atoms with Crippen molar-refractivity contribution >= 4 is 0 Å². The third kappa shape index (κ3) is 10.4. The van der Waals surface area contributed by atoms with E-state index in [0.717, 1.165) is 29.6 Å². The Hall–Kier alpha value is -0.780. The molecule has 0 heteroatoms. The zero-order valence-electron chi connectivity index (χ0n) is 20.4. The van der Waals surface area contributed by atoms with Gasteiger partial charge in [0.15, 0.2) is 0 Å². The third-order valence-corrected chi connectivity index (χ3v) is 5.12. The van der Waals surface area contributed by atoms with Crippen LogP contribution in [0.2, 0.25) is 0 Å². The first-order valence-electron chi connectivity index (χ1n) is 11.9. The number of hydrogen-bond acceptors (Lipinski definition) is 0. The smallest absolute Gasteiger partial charge is 0.0131 e. The summed E-state index contributed by atoms with van der Waals surface area (Å²) in [5.74, 6) is 4.34. The lowest BCUT2D eigenvalue weighted by molar-refractivity contribution is 0.263. The molecule has 0 amide bonds. The Balaban J connectivity index is 0.000000644. The van der Waals surface area contributed by atoms with Crippen LogP contribution in [0, 0.1) is 24.7 Å². The molecule has 0 heterocycles. The van der Waals surface area contributed by atoms with Crippen molar-refractivity contribution in [1.82, 2.24) is 0 Å². The van der Waals surface area contributed by atoms with Gasteiger partial charge in [0.05, 0.1) is 0 Å². The summed E-state index contributed by atoms with van der Waals surface area (Å²) in [7, 11) is 0. The molecule has 2 saturated carbocycles. The highest BCUT2D eigenvalue weighted by Gasteiger charge is 2.32. The van der Waals surface area contributed by atoms with E-state index in [0.29, 0.717) is 0 Å². The molecule has 0 radical (unpaired) electrons. The standard InChI is InChI=1S/C18H26.C4H10.C3H8.C2H6/c1-12-4-6-14(3)17(10-12)18-11-13(2)5-9-16(18)15-7-8-15;1-4(2)3;1-3-2;1-2/h5,9,11-12,14-15,17H,4,6-8,10H2,1-3H3;4H,1-3H3;3H2,1-2H3;1-2H3. The van der Waals surface area contributed by atoms with Crippen LogP contribution in [0.1, 0.15) is 129 Å². The van der Waals surface area contributed by atoms with Crippen molar-refractivity contribution in [2.45, 2.75) is 120 Å². The molecular weight excluding hydrogens is 324 g/mol. The van der Waals surface area contributed by atoms with Gasteiger partial charge in [-0.15, -0.1) is 0 Å². The van der Waals surface area contributed by atoms with E-state index in [-0.39, 0.29) is 0 Å². The Morgan fingerprint density at radius 3 is 1.89 bits per heavy atom. The summed E-state index contributed by atoms with van der Waals surface area (Å²) in [5, 5.41) is 0. The second kappa shape index (κ2) is 14.3. The highest BCUT2D eigenvalue weighted by Crippen LogP contribution is 2.48. The molecule has 2 aliphatic rings. The fourth-order valence-corrected chi connectivity index (χ4v) is 3.75. The lowest BCUT2D eigenvalue weighted by atomic mass is 9.71. The van der Waals surface area contributed by atoms with Crippen LogP contribution in [0.4, 0.5) is 0 Å². The zero-order valence-corrected chi connectivity index (χ0v) is 20.4. The molecule has 2 aliphatic carbocycles. The minimum Gasteiger partial charge on any atom is -0.0683 e. The van der Waals surface area contributed by atoms with Crippen molar-refractivity contribution in [2.75, 3.05) is 0 Å². The van der Waals surface area contributed by atoms with Gasteiger partial charge in [0.2, 0.25) is 0 Å². The average Bonchev–Trinajstić information content (AvgIpc) is 3.44. The van der Waals surface area contributed by atoms with Crippen molar-refractivity contribution < 1.29 is 0 Å². The molecule has 0 bridgehead atoms. The highest BCUT2D eigenvalue weighted by atomic mass is 14.4. The van der Waals surface area contributed by atoms with Crippen LogP contribution >= 0.6 is 0 Å². The molecule has 0 aromatic heterocycles. The minimum atomic E-state index is 0.823. The Morgan fingerprint density at radius 1 is 0.889 bits per heavy atom. The monoisotopic (exact) mass is 374 g/mol. The Kier molecular flexibility index (Phi) is 13.8. The van der Waals surface area contributed by atoms with Gasteiger partial charge in [-0.1, -0.05) is 98.9 Å². The maximum absolute atomic E-state index is 2.49. The van der Waals surface area contributed by atoms with Crippen LogP contribution < -0.4 is 0 Å². The number of benzene rings is 1. The molecule has 3 atom stereocenters. The summed E-state index contributed by atoms with van der Waals surface area (Å²) in [4.78, 5) is 0. The van der Waals surface area contributed by atoms with Crippen LogP contribution in [-0.2, 0) is 0 Å². The second-order valence-electron chi connectivity index (χ2n) is 9.35. The summed E-state index contributed by atoms with van der Waals surface area (Å²) >= 11 is 0. The van der Waals surface area contributed by atoms with Gasteiger partial charge in [-0.25, -0.2) is 0 Å². The topological polar surface area (TPSA) is 0 Å². The molecule has 0 saturated heterocycles. The Labute approximate surface area is 172 Å². The number of aryl methyl sites for hydroxylation is 1. The van der Waals surface area contributed by atoms with Gasteiger partial charge >= 0.3 is 0 Å². The van der Waals surface area contributed by atoms with Crippen molar-refractivity contribution in [1.29, 1.82) is 0 Å². The van der Waals surface area contributed by atoms with E-state index in [4.69, 9.17) is 0 Å². The maximum Gasteiger partial charge on any atom is -0.0131 e. The molecular formula is C27H50. The summed E-state index contributed by atoms with van der Waals surface area (Å²) in [6.45, 7) is 21.9. The molecule has 0 N–H and O–H groups in total. The van der Waals surface area contributed by atoms with Gasteiger partial charge in [-0.3, -0.25) is 0 Å². The van der Waals surface area contributed by atoms with Crippen molar-refractivity contribution in [3.05, 3.63) is 34.9 Å². The van der Waals surface area contributed by atoms with Crippen molar-refractivity contribution in [2.24, 2.45) is 17.8 Å². The molecule has 1 aromatic carbocycles. The Bertz CT molecular complexity index is 478. The first kappa shape index (κ1) is 26.2. The van der Waals surface area contributed by atoms with Gasteiger partial charge < -0.3 is 0 Å². The molecule has 0 aliphatic heterocycles. The van der Waals surface area contributed by atoms with Crippen LogP contribution in [0.15, 0.2) is 18.2 Å². The lowest BCUT2D eigenvalue weighted by Crippen LogP contribution is -2.21. The molecule has 0 spiro atoms. The first-order chi connectivity index (χ1) is 12.8. The molecule has 2 fully saturated rings. The maximum atomic E-state index is 2.49. The van der Waals surface area contributed by atoms with E-state index in [1.165, 1.54) is 44.1 Å². The van der Waals surface area contributed by atoms with E-state index >= 15 is 0 Å². The molecule has 1 aromatic rings. The summed E-state index contributed by atoms with van der Waals surface area (Å²) < 4.78 is 0. The third-order valence-electron chi connectivity index (χ3n) is 5.12. The van der Waals surface area contributed by atoms with Gasteiger partial charge in [0.1, 0.15) is 0 Å². The molecule has 3 rings (SSSR count). The van der Waals surface area contributed by atoms with Crippen molar-refractivity contribution in [3.8, 4) is 0 Å². The predicted molar refractivity (Wildman–Crippen MR) is 126 cm³/mol. The SMILES string of the molecule is CC.CC(C)C.CCC.Cc1ccc(C2CC2)c(C2CC(C)CCC2C)c1. The molecule has 0 nitrogen and oxygen atoms in total. The van der Waals surface area contributed by atoms with Crippen LogP contribution in [0.25, 0.3) is 0 Å². The van der Waals surface area contributed by atoms with Gasteiger partial charge in [-0.2, -0.15) is 0 Å². The van der Waals surface area contributed by atoms with Gasteiger partial charge in [-0.05, 0) is 73.3 Å². The quantitative estimate of drug-likeness (QED) is 0.483. The molecule has 3 unspecified atom stereocenters. The van der Waals surface area contributed by atoms with E-state index in [1.807, 2.05) is 13.8 Å². The molecule has 158 valence electrons. The fraction of sp³-hybridized carbons (Fsp3) is 0.778. The van der Waals surface area contributed by atoms with Crippen LogP contribution in [0.3, 0.4) is 0 Å². The van der Waals surface area contributed by atoms with E-state index in [2.05, 4.69) is 73.6 Å². The fourth-order valence-electron chi connectivity index (χ4n) is 3.75. The van der Waals surface area contributed by atoms with Crippen LogP contribution in [0.5, 0.6) is 0 Å². The van der Waals surface area contributed by atoms with Crippen LogP contribution in [-0.4, -0.2) is 0 Å². The lowest BCUT2D eigenvalue weighted by Gasteiger charge is -2.34. The van der Waals surface area contributed by atoms with Gasteiger partial charge in [0.25, 0.3) is 0 Å². The molecule has 27 heavy (non-hydrogen) atoms. The summed E-state index contributed by atoms with van der Waals surface area (Å²) in [5.41, 5.74) is 4.84. The first-order valence-corrected chi connectivity index (χ1v) is 11.9. The zero-order chi connectivity index (χ0) is 21.0. The Morgan fingerprint density at radius 2 is 1.41 bits per heavy atom. The van der Waals surface area contributed by atoms with E-state index in [1.54, 1.807) is 11.1 Å². The normalized spacial score (nSPS) is 23.9. The summed E-state index contributed by atoms with van der Waals surface area (Å²) in [6.07, 6.45) is 8.36. The number of rotatable bonds is 2. The van der Waals surface area contributed by atoms with Gasteiger partial charge in [0, 0.05) is 0 Å². The van der Waals surface area contributed by atoms with E-state index < -0.39 is 0 Å². The largest absolute Gasteiger partial charge is 0.0683 e.